The number of methoxy groups -OCH3 is 1. The Morgan fingerprint density at radius 2 is 2.33 bits per heavy atom. The maximum atomic E-state index is 13.5. The van der Waals surface area contributed by atoms with E-state index >= 15 is 0 Å². The monoisotopic (exact) mass is 272 g/mol. The third-order valence-corrected chi connectivity index (χ3v) is 2.57. The fourth-order valence-electron chi connectivity index (χ4n) is 1.31. The van der Waals surface area contributed by atoms with Crippen molar-refractivity contribution in [2.75, 3.05) is 7.11 Å². The summed E-state index contributed by atoms with van der Waals surface area (Å²) in [6.07, 6.45) is 1.21. The molecule has 0 amide bonds. The van der Waals surface area contributed by atoms with E-state index < -0.39 is 5.82 Å². The van der Waals surface area contributed by atoms with E-state index in [0.29, 0.717) is 0 Å². The predicted octanol–water partition coefficient (Wildman–Crippen LogP) is 1.83. The van der Waals surface area contributed by atoms with E-state index in [1.165, 1.54) is 19.5 Å². The van der Waals surface area contributed by atoms with Crippen LogP contribution in [-0.2, 0) is 0 Å². The average Bonchev–Trinajstić information content (AvgIpc) is 2.22. The SMILES string of the molecule is COc1c(F)c(Br)cc2c(=O)[nH]cnc12. The number of nitrogens with one attached hydrogen (secondary N) is 1. The van der Waals surface area contributed by atoms with Crippen molar-refractivity contribution in [2.45, 2.75) is 0 Å². The summed E-state index contributed by atoms with van der Waals surface area (Å²) in [7, 11) is 1.33. The number of rotatable bonds is 1. The minimum Gasteiger partial charge on any atom is -0.491 e. The van der Waals surface area contributed by atoms with Crippen LogP contribution in [0, 0.1) is 5.82 Å². The lowest BCUT2D eigenvalue weighted by atomic mass is 10.2. The molecule has 0 aliphatic rings. The van der Waals surface area contributed by atoms with Gasteiger partial charge in [-0.15, -0.1) is 0 Å². The third kappa shape index (κ3) is 1.50. The molecule has 1 N–H and O–H groups in total. The molecule has 0 bridgehead atoms. The van der Waals surface area contributed by atoms with Crippen molar-refractivity contribution in [1.29, 1.82) is 0 Å². The molecule has 4 nitrogen and oxygen atoms in total. The Balaban J connectivity index is 3.01. The van der Waals surface area contributed by atoms with Crippen LogP contribution in [0.3, 0.4) is 0 Å². The Morgan fingerprint density at radius 1 is 1.60 bits per heavy atom. The van der Waals surface area contributed by atoms with Crippen LogP contribution in [0.4, 0.5) is 4.39 Å². The van der Waals surface area contributed by atoms with Crippen molar-refractivity contribution in [2.24, 2.45) is 0 Å². The number of hydrogen-bond acceptors (Lipinski definition) is 3. The number of hydrogen-bond donors (Lipinski definition) is 1. The van der Waals surface area contributed by atoms with Gasteiger partial charge in [0, 0.05) is 0 Å². The summed E-state index contributed by atoms with van der Waals surface area (Å²) in [5.41, 5.74) is -0.124. The molecular formula is C9H6BrFN2O2. The van der Waals surface area contributed by atoms with Gasteiger partial charge in [-0.3, -0.25) is 4.79 Å². The molecule has 1 aromatic heterocycles. The number of halogens is 2. The highest BCUT2D eigenvalue weighted by Gasteiger charge is 2.15. The van der Waals surface area contributed by atoms with Gasteiger partial charge in [-0.1, -0.05) is 0 Å². The molecule has 15 heavy (non-hydrogen) atoms. The molecular weight excluding hydrogens is 267 g/mol. The average molecular weight is 273 g/mol. The molecule has 0 atom stereocenters. The van der Waals surface area contributed by atoms with Crippen molar-refractivity contribution in [1.82, 2.24) is 9.97 Å². The third-order valence-electron chi connectivity index (χ3n) is 1.99. The number of aromatic amines is 1. The van der Waals surface area contributed by atoms with Crippen LogP contribution >= 0.6 is 15.9 Å². The lowest BCUT2D eigenvalue weighted by Gasteiger charge is -2.06. The van der Waals surface area contributed by atoms with Gasteiger partial charge in [-0.05, 0) is 22.0 Å². The summed E-state index contributed by atoms with van der Waals surface area (Å²) in [5.74, 6) is -0.603. The van der Waals surface area contributed by atoms with Crippen LogP contribution in [0.25, 0.3) is 10.9 Å². The van der Waals surface area contributed by atoms with Gasteiger partial charge < -0.3 is 9.72 Å². The fraction of sp³-hybridized carbons (Fsp3) is 0.111. The first kappa shape index (κ1) is 10.1. The first-order chi connectivity index (χ1) is 7.15. The van der Waals surface area contributed by atoms with E-state index in [1.807, 2.05) is 0 Å². The Kier molecular flexibility index (Phi) is 2.44. The van der Waals surface area contributed by atoms with Crippen LogP contribution in [0.15, 0.2) is 21.7 Å². The summed E-state index contributed by atoms with van der Waals surface area (Å²) < 4.78 is 18.6. The molecule has 6 heteroatoms. The summed E-state index contributed by atoms with van der Waals surface area (Å²) in [6.45, 7) is 0. The van der Waals surface area contributed by atoms with Crippen molar-refractivity contribution in [3.63, 3.8) is 0 Å². The molecule has 2 aromatic rings. The highest BCUT2D eigenvalue weighted by atomic mass is 79.9. The Morgan fingerprint density at radius 3 is 3.00 bits per heavy atom. The largest absolute Gasteiger partial charge is 0.491 e. The van der Waals surface area contributed by atoms with Crippen LogP contribution in [0.2, 0.25) is 0 Å². The minimum atomic E-state index is -0.567. The summed E-state index contributed by atoms with van der Waals surface area (Å²) in [5, 5.41) is 0.280. The second-order valence-electron chi connectivity index (χ2n) is 2.83. The molecule has 0 aliphatic heterocycles. The minimum absolute atomic E-state index is 0.0366. The number of nitrogens with zero attached hydrogens (tertiary/aromatic N) is 1. The van der Waals surface area contributed by atoms with Crippen LogP contribution in [-0.4, -0.2) is 17.1 Å². The smallest absolute Gasteiger partial charge is 0.258 e. The molecule has 78 valence electrons. The summed E-state index contributed by atoms with van der Waals surface area (Å²) in [6, 6.07) is 1.37. The molecule has 1 heterocycles. The highest BCUT2D eigenvalue weighted by Crippen LogP contribution is 2.30. The second-order valence-corrected chi connectivity index (χ2v) is 3.69. The standard InChI is InChI=1S/C9H6BrFN2O2/c1-15-8-6(11)5(10)2-4-7(8)12-3-13-9(4)14/h2-3H,1H3,(H,12,13,14). The molecule has 0 saturated heterocycles. The first-order valence-corrected chi connectivity index (χ1v) is 4.84. The van der Waals surface area contributed by atoms with Crippen LogP contribution in [0.5, 0.6) is 5.75 Å². The predicted molar refractivity (Wildman–Crippen MR) is 56.6 cm³/mol. The van der Waals surface area contributed by atoms with Crippen LogP contribution in [0.1, 0.15) is 0 Å². The molecule has 0 saturated carbocycles. The Labute approximate surface area is 92.2 Å². The lowest BCUT2D eigenvalue weighted by Crippen LogP contribution is -2.07. The number of aromatic nitrogens is 2. The van der Waals surface area contributed by atoms with E-state index in [-0.39, 0.29) is 26.7 Å². The fourth-order valence-corrected chi connectivity index (χ4v) is 1.72. The zero-order chi connectivity index (χ0) is 11.0. The quantitative estimate of drug-likeness (QED) is 0.862. The maximum absolute atomic E-state index is 13.5. The summed E-state index contributed by atoms with van der Waals surface area (Å²) in [4.78, 5) is 17.7. The van der Waals surface area contributed by atoms with Gasteiger partial charge in [0.05, 0.1) is 23.3 Å². The maximum Gasteiger partial charge on any atom is 0.258 e. The topological polar surface area (TPSA) is 55.0 Å². The summed E-state index contributed by atoms with van der Waals surface area (Å²) >= 11 is 3.01. The van der Waals surface area contributed by atoms with E-state index in [1.54, 1.807) is 0 Å². The number of fused-ring (bicyclic) bond motifs is 1. The van der Waals surface area contributed by atoms with Gasteiger partial charge in [-0.2, -0.15) is 0 Å². The van der Waals surface area contributed by atoms with Gasteiger partial charge in [0.15, 0.2) is 11.6 Å². The molecule has 0 unspecified atom stereocenters. The number of ether oxygens (including phenoxy) is 1. The van der Waals surface area contributed by atoms with Gasteiger partial charge in [-0.25, -0.2) is 9.37 Å². The van der Waals surface area contributed by atoms with Gasteiger partial charge in [0.1, 0.15) is 5.52 Å². The zero-order valence-electron chi connectivity index (χ0n) is 7.67. The first-order valence-electron chi connectivity index (χ1n) is 4.04. The number of H-pyrrole nitrogens is 1. The molecule has 0 radical (unpaired) electrons. The lowest BCUT2D eigenvalue weighted by molar-refractivity contribution is 0.389. The van der Waals surface area contributed by atoms with E-state index in [9.17, 15) is 9.18 Å². The molecule has 0 aliphatic carbocycles. The van der Waals surface area contributed by atoms with Crippen molar-refractivity contribution < 1.29 is 9.13 Å². The Bertz CT molecular complexity index is 582. The van der Waals surface area contributed by atoms with E-state index in [4.69, 9.17) is 4.74 Å². The van der Waals surface area contributed by atoms with Gasteiger partial charge in [0.25, 0.3) is 5.56 Å². The molecule has 1 aromatic carbocycles. The van der Waals surface area contributed by atoms with E-state index in [0.717, 1.165) is 0 Å². The zero-order valence-corrected chi connectivity index (χ0v) is 9.26. The van der Waals surface area contributed by atoms with Crippen LogP contribution < -0.4 is 10.3 Å². The number of benzene rings is 1. The van der Waals surface area contributed by atoms with Crippen molar-refractivity contribution in [3.8, 4) is 5.75 Å². The van der Waals surface area contributed by atoms with Crippen molar-refractivity contribution >= 4 is 26.8 Å². The normalized spacial score (nSPS) is 10.6. The van der Waals surface area contributed by atoms with Gasteiger partial charge in [0.2, 0.25) is 0 Å². The van der Waals surface area contributed by atoms with Gasteiger partial charge >= 0.3 is 0 Å². The van der Waals surface area contributed by atoms with Crippen molar-refractivity contribution in [3.05, 3.63) is 33.0 Å². The van der Waals surface area contributed by atoms with E-state index in [2.05, 4.69) is 25.9 Å². The highest BCUT2D eigenvalue weighted by molar-refractivity contribution is 9.10. The molecule has 0 fully saturated rings. The second kappa shape index (κ2) is 3.62. The Hall–Kier alpha value is -1.43. The molecule has 0 spiro atoms. The molecule has 2 rings (SSSR count).